The molecule has 11 heavy (non-hydrogen) atoms. The van der Waals surface area contributed by atoms with Crippen LogP contribution >= 0.6 is 15.9 Å². The fourth-order valence-corrected chi connectivity index (χ4v) is 1.02. The van der Waals surface area contributed by atoms with E-state index in [1.54, 1.807) is 0 Å². The van der Waals surface area contributed by atoms with E-state index >= 15 is 0 Å². The summed E-state index contributed by atoms with van der Waals surface area (Å²) in [5, 5.41) is 9.79. The summed E-state index contributed by atoms with van der Waals surface area (Å²) in [7, 11) is 0.349. The third-order valence-electron chi connectivity index (χ3n) is 1.24. The fraction of sp³-hybridized carbons (Fsp3) is 1.00. The van der Waals surface area contributed by atoms with Gasteiger partial charge in [-0.1, -0.05) is 22.4 Å². The van der Waals surface area contributed by atoms with Crippen molar-refractivity contribution in [1.82, 2.24) is 0 Å². The van der Waals surface area contributed by atoms with Gasteiger partial charge in [-0.25, -0.2) is 0 Å². The Balaban J connectivity index is 2.89. The lowest BCUT2D eigenvalue weighted by Crippen LogP contribution is -2.20. The molecule has 66 valence electrons. The van der Waals surface area contributed by atoms with Crippen molar-refractivity contribution >= 4 is 23.3 Å². The second-order valence-electron chi connectivity index (χ2n) is 2.16. The topological polar surface area (TPSA) is 38.7 Å². The SMILES string of the molecule is COB(O)OCCCCCBr. The lowest BCUT2D eigenvalue weighted by Gasteiger charge is -2.03. The normalized spacial score (nSPS) is 10.1. The van der Waals surface area contributed by atoms with Crippen molar-refractivity contribution in [2.75, 3.05) is 19.0 Å². The van der Waals surface area contributed by atoms with Gasteiger partial charge in [0, 0.05) is 19.0 Å². The molecule has 0 atom stereocenters. The van der Waals surface area contributed by atoms with E-state index < -0.39 is 7.32 Å². The molecule has 0 unspecified atom stereocenters. The van der Waals surface area contributed by atoms with Gasteiger partial charge in [-0.3, -0.25) is 0 Å². The number of hydrogen-bond donors (Lipinski definition) is 1. The van der Waals surface area contributed by atoms with Crippen LogP contribution in [0, 0.1) is 0 Å². The molecule has 0 aromatic rings. The Labute approximate surface area is 76.4 Å². The van der Waals surface area contributed by atoms with Crippen LogP contribution in [0.1, 0.15) is 19.3 Å². The van der Waals surface area contributed by atoms with Crippen molar-refractivity contribution in [3.63, 3.8) is 0 Å². The van der Waals surface area contributed by atoms with E-state index in [1.165, 1.54) is 7.11 Å². The maximum absolute atomic E-state index is 8.76. The molecule has 0 fully saturated rings. The summed E-state index contributed by atoms with van der Waals surface area (Å²) in [6, 6.07) is 0. The molecular weight excluding hydrogens is 211 g/mol. The van der Waals surface area contributed by atoms with E-state index in [-0.39, 0.29) is 0 Å². The van der Waals surface area contributed by atoms with Gasteiger partial charge in [-0.2, -0.15) is 0 Å². The smallest absolute Gasteiger partial charge is 0.402 e. The minimum atomic E-state index is -1.06. The zero-order valence-electron chi connectivity index (χ0n) is 6.75. The van der Waals surface area contributed by atoms with Gasteiger partial charge in [0.15, 0.2) is 0 Å². The molecule has 0 saturated carbocycles. The van der Waals surface area contributed by atoms with Gasteiger partial charge in [0.1, 0.15) is 0 Å². The number of hydrogen-bond acceptors (Lipinski definition) is 3. The summed E-state index contributed by atoms with van der Waals surface area (Å²) < 4.78 is 9.34. The van der Waals surface area contributed by atoms with Crippen molar-refractivity contribution in [1.29, 1.82) is 0 Å². The van der Waals surface area contributed by atoms with Gasteiger partial charge >= 0.3 is 7.32 Å². The molecule has 0 aliphatic heterocycles. The molecule has 3 nitrogen and oxygen atoms in total. The van der Waals surface area contributed by atoms with Crippen molar-refractivity contribution in [2.45, 2.75) is 19.3 Å². The third kappa shape index (κ3) is 8.33. The van der Waals surface area contributed by atoms with Crippen LogP contribution < -0.4 is 0 Å². The van der Waals surface area contributed by atoms with Crippen molar-refractivity contribution < 1.29 is 14.3 Å². The predicted octanol–water partition coefficient (Wildman–Crippen LogP) is 1.19. The Bertz CT molecular complexity index is 84.2. The summed E-state index contributed by atoms with van der Waals surface area (Å²) in [5.74, 6) is 0. The van der Waals surface area contributed by atoms with Crippen molar-refractivity contribution in [3.8, 4) is 0 Å². The Morgan fingerprint density at radius 1 is 1.36 bits per heavy atom. The zero-order valence-corrected chi connectivity index (χ0v) is 8.34. The number of alkyl halides is 1. The molecule has 0 spiro atoms. The highest BCUT2D eigenvalue weighted by molar-refractivity contribution is 9.09. The first-order chi connectivity index (χ1) is 5.31. The molecule has 0 radical (unpaired) electrons. The van der Waals surface area contributed by atoms with Gasteiger partial charge in [-0.05, 0) is 12.8 Å². The molecular formula is C6H14BBrO3. The standard InChI is InChI=1S/C6H14BBrO3/c1-10-7(9)11-6-4-2-3-5-8/h9H,2-6H2,1H3. The van der Waals surface area contributed by atoms with Gasteiger partial charge in [0.05, 0.1) is 0 Å². The fourth-order valence-electron chi connectivity index (χ4n) is 0.626. The van der Waals surface area contributed by atoms with Gasteiger partial charge in [-0.15, -0.1) is 0 Å². The van der Waals surface area contributed by atoms with E-state index in [4.69, 9.17) is 9.68 Å². The Kier molecular flexibility index (Phi) is 8.85. The molecule has 0 amide bonds. The van der Waals surface area contributed by atoms with Crippen LogP contribution in [0.25, 0.3) is 0 Å². The molecule has 0 aliphatic carbocycles. The van der Waals surface area contributed by atoms with Gasteiger partial charge < -0.3 is 14.3 Å². The Morgan fingerprint density at radius 2 is 2.09 bits per heavy atom. The molecule has 0 saturated heterocycles. The Hall–Kier alpha value is 0.425. The average molecular weight is 225 g/mol. The van der Waals surface area contributed by atoms with E-state index in [0.717, 1.165) is 24.6 Å². The molecule has 0 aliphatic rings. The zero-order chi connectivity index (χ0) is 8.53. The molecule has 0 aromatic heterocycles. The van der Waals surface area contributed by atoms with Crippen LogP contribution in [0.5, 0.6) is 0 Å². The quantitative estimate of drug-likeness (QED) is 0.401. The molecule has 1 N–H and O–H groups in total. The monoisotopic (exact) mass is 224 g/mol. The minimum Gasteiger partial charge on any atom is -0.402 e. The minimum absolute atomic E-state index is 0.558. The molecule has 0 rings (SSSR count). The highest BCUT2D eigenvalue weighted by atomic mass is 79.9. The lowest BCUT2D eigenvalue weighted by molar-refractivity contribution is 0.156. The van der Waals surface area contributed by atoms with Crippen molar-refractivity contribution in [2.24, 2.45) is 0 Å². The summed E-state index contributed by atoms with van der Waals surface area (Å²) in [4.78, 5) is 0. The van der Waals surface area contributed by atoms with Crippen LogP contribution in [-0.4, -0.2) is 31.4 Å². The molecule has 0 heterocycles. The number of rotatable bonds is 7. The van der Waals surface area contributed by atoms with E-state index in [1.807, 2.05) is 0 Å². The second-order valence-corrected chi connectivity index (χ2v) is 2.96. The van der Waals surface area contributed by atoms with Crippen LogP contribution in [0.2, 0.25) is 0 Å². The van der Waals surface area contributed by atoms with Crippen LogP contribution in [-0.2, 0) is 9.31 Å². The van der Waals surface area contributed by atoms with Gasteiger partial charge in [0.2, 0.25) is 0 Å². The average Bonchev–Trinajstić information content (AvgIpc) is 2.04. The highest BCUT2D eigenvalue weighted by Crippen LogP contribution is 1.98. The third-order valence-corrected chi connectivity index (χ3v) is 1.80. The van der Waals surface area contributed by atoms with Crippen LogP contribution in [0.4, 0.5) is 0 Å². The first-order valence-electron chi connectivity index (χ1n) is 3.69. The summed E-state index contributed by atoms with van der Waals surface area (Å²) in [6.45, 7) is 0.558. The second kappa shape index (κ2) is 8.52. The van der Waals surface area contributed by atoms with Crippen LogP contribution in [0.3, 0.4) is 0 Å². The maximum atomic E-state index is 8.76. The molecule has 0 bridgehead atoms. The van der Waals surface area contributed by atoms with Gasteiger partial charge in [0.25, 0.3) is 0 Å². The van der Waals surface area contributed by atoms with E-state index in [2.05, 4.69) is 20.6 Å². The number of halogens is 1. The molecule has 5 heteroatoms. The molecule has 0 aromatic carbocycles. The number of unbranched alkanes of at least 4 members (excludes halogenated alkanes) is 2. The largest absolute Gasteiger partial charge is 0.636 e. The first kappa shape index (κ1) is 11.4. The predicted molar refractivity (Wildman–Crippen MR) is 48.6 cm³/mol. The summed E-state index contributed by atoms with van der Waals surface area (Å²) in [6.07, 6.45) is 3.22. The van der Waals surface area contributed by atoms with E-state index in [9.17, 15) is 0 Å². The maximum Gasteiger partial charge on any atom is 0.636 e. The van der Waals surface area contributed by atoms with E-state index in [0.29, 0.717) is 6.61 Å². The van der Waals surface area contributed by atoms with Crippen LogP contribution in [0.15, 0.2) is 0 Å². The lowest BCUT2D eigenvalue weighted by atomic mass is 10.2. The first-order valence-corrected chi connectivity index (χ1v) is 4.82. The van der Waals surface area contributed by atoms with Crippen molar-refractivity contribution in [3.05, 3.63) is 0 Å². The Morgan fingerprint density at radius 3 is 2.64 bits per heavy atom. The summed E-state index contributed by atoms with van der Waals surface area (Å²) >= 11 is 3.33. The highest BCUT2D eigenvalue weighted by Gasteiger charge is 2.10. The summed E-state index contributed by atoms with van der Waals surface area (Å²) in [5.41, 5.74) is 0.